The molecule has 0 heterocycles. The summed E-state index contributed by atoms with van der Waals surface area (Å²) in [6.45, 7) is 8.37. The fraction of sp³-hybridized carbons (Fsp3) is 0.625. The van der Waals surface area contributed by atoms with Crippen molar-refractivity contribution < 1.29 is 9.66 Å². The van der Waals surface area contributed by atoms with Crippen LogP contribution >= 0.6 is 0 Å². The molecule has 0 fully saturated rings. The van der Waals surface area contributed by atoms with Gasteiger partial charge in [-0.15, -0.1) is 0 Å². The van der Waals surface area contributed by atoms with Crippen LogP contribution in [-0.2, 0) is 11.3 Å². The third kappa shape index (κ3) is 6.58. The van der Waals surface area contributed by atoms with E-state index in [0.717, 1.165) is 38.0 Å². The molecule has 0 amide bonds. The highest BCUT2D eigenvalue weighted by molar-refractivity contribution is 5.62. The minimum atomic E-state index is -0.356. The van der Waals surface area contributed by atoms with Crippen LogP contribution in [0.5, 0.6) is 0 Å². The van der Waals surface area contributed by atoms with Gasteiger partial charge in [0.25, 0.3) is 5.69 Å². The van der Waals surface area contributed by atoms with Crippen molar-refractivity contribution in [2.24, 2.45) is 5.92 Å². The van der Waals surface area contributed by atoms with Gasteiger partial charge in [-0.05, 0) is 42.9 Å². The van der Waals surface area contributed by atoms with Crippen LogP contribution in [0.15, 0.2) is 18.2 Å². The fourth-order valence-corrected chi connectivity index (χ4v) is 2.02. The molecule has 0 unspecified atom stereocenters. The van der Waals surface area contributed by atoms with Gasteiger partial charge < -0.3 is 10.1 Å². The Hall–Kier alpha value is -1.62. The predicted molar refractivity (Wildman–Crippen MR) is 85.6 cm³/mol. The minimum absolute atomic E-state index is 0.118. The summed E-state index contributed by atoms with van der Waals surface area (Å²) < 4.78 is 5.63. The monoisotopic (exact) mass is 294 g/mol. The normalized spacial score (nSPS) is 10.9. The van der Waals surface area contributed by atoms with E-state index in [4.69, 9.17) is 4.74 Å². The molecule has 0 bridgehead atoms. The summed E-state index contributed by atoms with van der Waals surface area (Å²) >= 11 is 0. The van der Waals surface area contributed by atoms with Crippen molar-refractivity contribution in [3.8, 4) is 0 Å². The first-order chi connectivity index (χ1) is 10.0. The molecule has 21 heavy (non-hydrogen) atoms. The van der Waals surface area contributed by atoms with Crippen LogP contribution in [0.4, 0.5) is 11.4 Å². The van der Waals surface area contributed by atoms with E-state index in [2.05, 4.69) is 19.2 Å². The molecule has 0 aliphatic rings. The van der Waals surface area contributed by atoms with E-state index < -0.39 is 0 Å². The number of benzene rings is 1. The predicted octanol–water partition coefficient (Wildman–Crippen LogP) is 4.37. The van der Waals surface area contributed by atoms with Gasteiger partial charge >= 0.3 is 0 Å². The van der Waals surface area contributed by atoms with Crippen LogP contribution in [0.1, 0.15) is 45.6 Å². The van der Waals surface area contributed by atoms with Crippen molar-refractivity contribution in [1.82, 2.24) is 0 Å². The van der Waals surface area contributed by atoms with Crippen LogP contribution in [0, 0.1) is 16.0 Å². The van der Waals surface area contributed by atoms with Gasteiger partial charge in [0.1, 0.15) is 5.69 Å². The number of anilines is 1. The maximum Gasteiger partial charge on any atom is 0.292 e. The van der Waals surface area contributed by atoms with Crippen molar-refractivity contribution in [1.29, 1.82) is 0 Å². The lowest BCUT2D eigenvalue weighted by molar-refractivity contribution is -0.384. The second-order valence-corrected chi connectivity index (χ2v) is 5.62. The van der Waals surface area contributed by atoms with Crippen molar-refractivity contribution >= 4 is 11.4 Å². The maximum absolute atomic E-state index is 11.0. The number of nitrogens with one attached hydrogen (secondary N) is 1. The number of hydrogen-bond acceptors (Lipinski definition) is 4. The molecule has 1 rings (SSSR count). The van der Waals surface area contributed by atoms with Crippen molar-refractivity contribution in [2.45, 2.75) is 46.6 Å². The average Bonchev–Trinajstić information content (AvgIpc) is 2.44. The molecule has 0 aromatic heterocycles. The molecule has 0 radical (unpaired) electrons. The van der Waals surface area contributed by atoms with Gasteiger partial charge in [-0.2, -0.15) is 0 Å². The first-order valence-corrected chi connectivity index (χ1v) is 7.63. The van der Waals surface area contributed by atoms with Crippen molar-refractivity contribution in [2.75, 3.05) is 18.5 Å². The summed E-state index contributed by atoms with van der Waals surface area (Å²) in [6, 6.07) is 5.12. The van der Waals surface area contributed by atoms with Gasteiger partial charge in [-0.25, -0.2) is 0 Å². The van der Waals surface area contributed by atoms with Gasteiger partial charge in [-0.1, -0.05) is 20.8 Å². The van der Waals surface area contributed by atoms with Crippen LogP contribution in [0.3, 0.4) is 0 Å². The van der Waals surface area contributed by atoms with Crippen LogP contribution < -0.4 is 5.32 Å². The molecule has 0 saturated heterocycles. The highest BCUT2D eigenvalue weighted by atomic mass is 16.6. The number of rotatable bonds is 10. The number of nitro benzene ring substituents is 1. The SMILES string of the molecule is CCCNc1cc(COCCCC(C)C)ccc1[N+](=O)[O-]. The average molecular weight is 294 g/mol. The Kier molecular flexibility index (Phi) is 7.75. The molecule has 0 saturated carbocycles. The van der Waals surface area contributed by atoms with Crippen LogP contribution in [0.25, 0.3) is 0 Å². The van der Waals surface area contributed by atoms with E-state index >= 15 is 0 Å². The molecule has 0 atom stereocenters. The Bertz CT molecular complexity index is 447. The molecule has 0 aliphatic carbocycles. The van der Waals surface area contributed by atoms with E-state index in [1.807, 2.05) is 13.0 Å². The Labute approximate surface area is 126 Å². The largest absolute Gasteiger partial charge is 0.379 e. The van der Waals surface area contributed by atoms with Gasteiger partial charge in [0.15, 0.2) is 0 Å². The number of ether oxygens (including phenoxy) is 1. The van der Waals surface area contributed by atoms with Crippen molar-refractivity contribution in [3.63, 3.8) is 0 Å². The van der Waals surface area contributed by atoms with Crippen LogP contribution in [-0.4, -0.2) is 18.1 Å². The van der Waals surface area contributed by atoms with Gasteiger partial charge in [0.2, 0.25) is 0 Å². The number of hydrogen-bond donors (Lipinski definition) is 1. The van der Waals surface area contributed by atoms with Crippen molar-refractivity contribution in [3.05, 3.63) is 33.9 Å². The van der Waals surface area contributed by atoms with Gasteiger partial charge in [-0.3, -0.25) is 10.1 Å². The quantitative estimate of drug-likeness (QED) is 0.395. The molecule has 1 aromatic carbocycles. The highest BCUT2D eigenvalue weighted by Gasteiger charge is 2.13. The third-order valence-electron chi connectivity index (χ3n) is 3.16. The number of nitrogens with zero attached hydrogens (tertiary/aromatic N) is 1. The Morgan fingerprint density at radius 1 is 1.38 bits per heavy atom. The molecule has 1 N–H and O–H groups in total. The molecule has 5 heteroatoms. The molecule has 1 aromatic rings. The molecule has 0 spiro atoms. The van der Waals surface area contributed by atoms with E-state index in [1.54, 1.807) is 12.1 Å². The Morgan fingerprint density at radius 3 is 2.76 bits per heavy atom. The van der Waals surface area contributed by atoms with E-state index in [0.29, 0.717) is 18.2 Å². The van der Waals surface area contributed by atoms with Gasteiger partial charge in [0.05, 0.1) is 11.5 Å². The molecular formula is C16H26N2O3. The lowest BCUT2D eigenvalue weighted by atomic mass is 10.1. The summed E-state index contributed by atoms with van der Waals surface area (Å²) in [7, 11) is 0. The molecular weight excluding hydrogens is 268 g/mol. The smallest absolute Gasteiger partial charge is 0.292 e. The Balaban J connectivity index is 2.56. The van der Waals surface area contributed by atoms with E-state index in [1.165, 1.54) is 0 Å². The highest BCUT2D eigenvalue weighted by Crippen LogP contribution is 2.25. The summed E-state index contributed by atoms with van der Waals surface area (Å²) in [5.74, 6) is 0.692. The maximum atomic E-state index is 11.0. The summed E-state index contributed by atoms with van der Waals surface area (Å²) in [4.78, 5) is 10.6. The molecule has 118 valence electrons. The van der Waals surface area contributed by atoms with E-state index in [9.17, 15) is 10.1 Å². The number of nitro groups is 1. The zero-order chi connectivity index (χ0) is 15.7. The second kappa shape index (κ2) is 9.34. The lowest BCUT2D eigenvalue weighted by Gasteiger charge is -2.09. The fourth-order valence-electron chi connectivity index (χ4n) is 2.02. The zero-order valence-corrected chi connectivity index (χ0v) is 13.2. The molecule has 5 nitrogen and oxygen atoms in total. The summed E-state index contributed by atoms with van der Waals surface area (Å²) in [5.41, 5.74) is 1.65. The topological polar surface area (TPSA) is 64.4 Å². The summed E-state index contributed by atoms with van der Waals surface area (Å²) in [6.07, 6.45) is 3.13. The van der Waals surface area contributed by atoms with Crippen LogP contribution in [0.2, 0.25) is 0 Å². The lowest BCUT2D eigenvalue weighted by Crippen LogP contribution is -2.04. The first-order valence-electron chi connectivity index (χ1n) is 7.63. The molecule has 0 aliphatic heterocycles. The summed E-state index contributed by atoms with van der Waals surface area (Å²) in [5, 5.41) is 14.1. The van der Waals surface area contributed by atoms with Gasteiger partial charge in [0, 0.05) is 19.2 Å². The van der Waals surface area contributed by atoms with E-state index in [-0.39, 0.29) is 10.6 Å². The first kappa shape index (κ1) is 17.4. The minimum Gasteiger partial charge on any atom is -0.379 e. The zero-order valence-electron chi connectivity index (χ0n) is 13.2. The third-order valence-corrected chi connectivity index (χ3v) is 3.16. The Morgan fingerprint density at radius 2 is 2.14 bits per heavy atom. The standard InChI is InChI=1S/C16H26N2O3/c1-4-9-17-15-11-14(7-8-16(15)18(19)20)12-21-10-5-6-13(2)3/h7-8,11,13,17H,4-6,9-10,12H2,1-3H3. The second-order valence-electron chi connectivity index (χ2n) is 5.62.